The van der Waals surface area contributed by atoms with Gasteiger partial charge in [-0.15, -0.1) is 0 Å². The van der Waals surface area contributed by atoms with E-state index in [1.54, 1.807) is 18.4 Å². The maximum Gasteiger partial charge on any atom is 0.354 e. The van der Waals surface area contributed by atoms with Crippen molar-refractivity contribution in [3.05, 3.63) is 39.7 Å². The Morgan fingerprint density at radius 3 is 2.93 bits per heavy atom. The molecule has 2 aromatic heterocycles. The molecule has 1 aliphatic rings. The standard InChI is InChI=1S/C20H20N2O4S/c1-10(2)6-12-7-13-16-14(17(20(23)24)22-21-16)8-26-19(13)15(18(12)25-3)11-4-5-27-9-11/h4-5,7,9-10H,6,8H2,1-3H3,(H,21,22)(H,23,24). The first kappa shape index (κ1) is 17.6. The molecular formula is C20H20N2O4S. The van der Waals surface area contributed by atoms with Crippen LogP contribution in [0.2, 0.25) is 0 Å². The number of hydrogen-bond donors (Lipinski definition) is 2. The van der Waals surface area contributed by atoms with Crippen molar-refractivity contribution in [2.24, 2.45) is 5.92 Å². The molecular weight excluding hydrogens is 364 g/mol. The molecule has 1 aliphatic heterocycles. The van der Waals surface area contributed by atoms with E-state index in [-0.39, 0.29) is 12.3 Å². The Morgan fingerprint density at radius 2 is 2.30 bits per heavy atom. The molecule has 27 heavy (non-hydrogen) atoms. The first-order valence-electron chi connectivity index (χ1n) is 8.71. The molecule has 3 heterocycles. The molecule has 0 spiro atoms. The number of methoxy groups -OCH3 is 1. The highest BCUT2D eigenvalue weighted by Crippen LogP contribution is 2.50. The lowest BCUT2D eigenvalue weighted by Crippen LogP contribution is -2.11. The molecule has 7 heteroatoms. The second kappa shape index (κ2) is 6.74. The predicted octanol–water partition coefficient (Wildman–Crippen LogP) is 4.60. The van der Waals surface area contributed by atoms with Gasteiger partial charge in [0.1, 0.15) is 23.8 Å². The quantitative estimate of drug-likeness (QED) is 0.671. The maximum atomic E-state index is 11.5. The van der Waals surface area contributed by atoms with Gasteiger partial charge in [0.25, 0.3) is 0 Å². The highest BCUT2D eigenvalue weighted by Gasteiger charge is 2.31. The van der Waals surface area contributed by atoms with Gasteiger partial charge < -0.3 is 14.6 Å². The molecule has 0 radical (unpaired) electrons. The van der Waals surface area contributed by atoms with E-state index >= 15 is 0 Å². The Kier molecular flexibility index (Phi) is 4.39. The van der Waals surface area contributed by atoms with Crippen LogP contribution in [-0.2, 0) is 13.0 Å². The van der Waals surface area contributed by atoms with Crippen molar-refractivity contribution in [1.29, 1.82) is 0 Å². The molecule has 2 N–H and O–H groups in total. The Bertz CT molecular complexity index is 1010. The summed E-state index contributed by atoms with van der Waals surface area (Å²) in [4.78, 5) is 11.5. The predicted molar refractivity (Wildman–Crippen MR) is 104 cm³/mol. The summed E-state index contributed by atoms with van der Waals surface area (Å²) in [6.07, 6.45) is 0.832. The molecule has 3 aromatic rings. The minimum Gasteiger partial charge on any atom is -0.496 e. The Morgan fingerprint density at radius 1 is 1.48 bits per heavy atom. The van der Waals surface area contributed by atoms with Crippen molar-refractivity contribution in [3.8, 4) is 33.9 Å². The van der Waals surface area contributed by atoms with Crippen LogP contribution in [0.3, 0.4) is 0 Å². The fourth-order valence-corrected chi connectivity index (χ4v) is 4.22. The second-order valence-electron chi connectivity index (χ2n) is 6.95. The van der Waals surface area contributed by atoms with Crippen LogP contribution in [0.4, 0.5) is 0 Å². The van der Waals surface area contributed by atoms with Crippen LogP contribution in [-0.4, -0.2) is 28.4 Å². The number of aromatic amines is 1. The number of nitrogens with zero attached hydrogens (tertiary/aromatic N) is 1. The van der Waals surface area contributed by atoms with Crippen molar-refractivity contribution >= 4 is 17.3 Å². The van der Waals surface area contributed by atoms with Crippen LogP contribution in [0.15, 0.2) is 22.9 Å². The van der Waals surface area contributed by atoms with Gasteiger partial charge in [0.2, 0.25) is 0 Å². The number of benzene rings is 1. The first-order valence-corrected chi connectivity index (χ1v) is 9.65. The van der Waals surface area contributed by atoms with Gasteiger partial charge in [0.05, 0.1) is 18.2 Å². The lowest BCUT2D eigenvalue weighted by Gasteiger charge is -2.24. The molecule has 0 saturated carbocycles. The van der Waals surface area contributed by atoms with Crippen LogP contribution in [0.5, 0.6) is 11.5 Å². The van der Waals surface area contributed by atoms with Crippen molar-refractivity contribution in [2.75, 3.05) is 7.11 Å². The summed E-state index contributed by atoms with van der Waals surface area (Å²) >= 11 is 1.61. The third-order valence-electron chi connectivity index (χ3n) is 4.65. The molecule has 0 aliphatic carbocycles. The molecule has 6 nitrogen and oxygen atoms in total. The molecule has 4 rings (SSSR count). The minimum atomic E-state index is -1.04. The van der Waals surface area contributed by atoms with E-state index in [1.807, 2.05) is 17.5 Å². The monoisotopic (exact) mass is 384 g/mol. The van der Waals surface area contributed by atoms with Crippen molar-refractivity contribution in [1.82, 2.24) is 10.2 Å². The van der Waals surface area contributed by atoms with E-state index in [9.17, 15) is 9.90 Å². The number of thiophene rings is 1. The third kappa shape index (κ3) is 2.88. The number of carbonyl (C=O) groups is 1. The zero-order valence-corrected chi connectivity index (χ0v) is 16.1. The van der Waals surface area contributed by atoms with Gasteiger partial charge >= 0.3 is 5.97 Å². The third-order valence-corrected chi connectivity index (χ3v) is 5.33. The summed E-state index contributed by atoms with van der Waals surface area (Å²) in [5.74, 6) is 0.891. The molecule has 0 unspecified atom stereocenters. The van der Waals surface area contributed by atoms with Gasteiger partial charge in [-0.25, -0.2) is 4.79 Å². The lowest BCUT2D eigenvalue weighted by atomic mass is 9.90. The normalized spacial score (nSPS) is 12.4. The van der Waals surface area contributed by atoms with E-state index < -0.39 is 5.97 Å². The van der Waals surface area contributed by atoms with Crippen LogP contribution >= 0.6 is 11.3 Å². The molecule has 0 amide bonds. The molecule has 0 atom stereocenters. The number of rotatable bonds is 5. The number of aromatic nitrogens is 2. The van der Waals surface area contributed by atoms with E-state index in [1.165, 1.54) is 0 Å². The van der Waals surface area contributed by atoms with Gasteiger partial charge in [-0.3, -0.25) is 5.10 Å². The van der Waals surface area contributed by atoms with Gasteiger partial charge in [-0.2, -0.15) is 16.4 Å². The van der Waals surface area contributed by atoms with Gasteiger partial charge in [0.15, 0.2) is 5.69 Å². The smallest absolute Gasteiger partial charge is 0.354 e. The van der Waals surface area contributed by atoms with E-state index in [2.05, 4.69) is 29.4 Å². The number of aromatic carboxylic acids is 1. The Balaban J connectivity index is 2.01. The molecule has 0 bridgehead atoms. The van der Waals surface area contributed by atoms with Crippen molar-refractivity contribution in [2.45, 2.75) is 26.9 Å². The van der Waals surface area contributed by atoms with E-state index in [0.29, 0.717) is 22.9 Å². The van der Waals surface area contributed by atoms with Gasteiger partial charge in [-0.1, -0.05) is 13.8 Å². The fraction of sp³-hybridized carbons (Fsp3) is 0.300. The van der Waals surface area contributed by atoms with Crippen molar-refractivity contribution < 1.29 is 19.4 Å². The number of nitrogens with one attached hydrogen (secondary N) is 1. The van der Waals surface area contributed by atoms with E-state index in [0.717, 1.165) is 34.4 Å². The molecule has 1 aromatic carbocycles. The first-order chi connectivity index (χ1) is 13.0. The summed E-state index contributed by atoms with van der Waals surface area (Å²) in [5, 5.41) is 20.4. The highest BCUT2D eigenvalue weighted by atomic mass is 32.1. The number of H-pyrrole nitrogens is 1. The van der Waals surface area contributed by atoms with Crippen molar-refractivity contribution in [3.63, 3.8) is 0 Å². The summed E-state index contributed by atoms with van der Waals surface area (Å²) in [6.45, 7) is 4.47. The average molecular weight is 384 g/mol. The SMILES string of the molecule is COc1c(CC(C)C)cc2c(c1-c1ccsc1)OCc1c-2n[nH]c1C(=O)O. The largest absolute Gasteiger partial charge is 0.496 e. The number of carboxylic acids is 1. The molecule has 0 fully saturated rings. The van der Waals surface area contributed by atoms with Gasteiger partial charge in [0, 0.05) is 5.56 Å². The van der Waals surface area contributed by atoms with Gasteiger partial charge in [-0.05, 0) is 46.4 Å². The van der Waals surface area contributed by atoms with E-state index in [4.69, 9.17) is 9.47 Å². The highest BCUT2D eigenvalue weighted by molar-refractivity contribution is 7.08. The zero-order chi connectivity index (χ0) is 19.1. The maximum absolute atomic E-state index is 11.5. The Hall–Kier alpha value is -2.80. The fourth-order valence-electron chi connectivity index (χ4n) is 3.57. The van der Waals surface area contributed by atoms with Crippen LogP contribution in [0, 0.1) is 5.92 Å². The van der Waals surface area contributed by atoms with Crippen LogP contribution in [0.1, 0.15) is 35.5 Å². The summed E-state index contributed by atoms with van der Waals surface area (Å²) in [5.41, 5.74) is 5.08. The zero-order valence-electron chi connectivity index (χ0n) is 15.3. The summed E-state index contributed by atoms with van der Waals surface area (Å²) in [6, 6.07) is 4.06. The number of fused-ring (bicyclic) bond motifs is 3. The average Bonchev–Trinajstić information content (AvgIpc) is 3.29. The molecule has 140 valence electrons. The lowest BCUT2D eigenvalue weighted by molar-refractivity contribution is 0.0687. The second-order valence-corrected chi connectivity index (χ2v) is 7.73. The summed E-state index contributed by atoms with van der Waals surface area (Å²) < 4.78 is 11.9. The minimum absolute atomic E-state index is 0.0777. The molecule has 0 saturated heterocycles. The van der Waals surface area contributed by atoms with Crippen LogP contribution in [0.25, 0.3) is 22.4 Å². The topological polar surface area (TPSA) is 84.4 Å². The number of carboxylic acid groups (broad SMARTS) is 1. The summed E-state index contributed by atoms with van der Waals surface area (Å²) in [7, 11) is 1.67. The number of ether oxygens (including phenoxy) is 2. The Labute approximate surface area is 160 Å². The van der Waals surface area contributed by atoms with Crippen LogP contribution < -0.4 is 9.47 Å². The number of hydrogen-bond acceptors (Lipinski definition) is 5.